The highest BCUT2D eigenvalue weighted by atomic mass is 32.2. The molecule has 0 radical (unpaired) electrons. The van der Waals surface area contributed by atoms with Crippen molar-refractivity contribution in [3.8, 4) is 0 Å². The molecule has 2 rings (SSSR count). The van der Waals surface area contributed by atoms with Crippen LogP contribution in [-0.2, 0) is 4.74 Å². The summed E-state index contributed by atoms with van der Waals surface area (Å²) in [5.41, 5.74) is 0. The van der Waals surface area contributed by atoms with E-state index in [9.17, 15) is 0 Å². The standard InChI is InChI=1S/C8H15NOS/c1-2-7(4-10-3-1)9-8-5-11-6-8/h7-9H,1-6H2. The molecule has 0 aliphatic carbocycles. The molecule has 1 N–H and O–H groups in total. The molecule has 0 bridgehead atoms. The SMILES string of the molecule is C1COCC(NC2CSC2)C1. The van der Waals surface area contributed by atoms with Crippen LogP contribution >= 0.6 is 11.8 Å². The molecule has 2 aliphatic rings. The van der Waals surface area contributed by atoms with Crippen LogP contribution in [0.25, 0.3) is 0 Å². The molecule has 2 aliphatic heterocycles. The van der Waals surface area contributed by atoms with Crippen LogP contribution in [-0.4, -0.2) is 36.8 Å². The fourth-order valence-corrected chi connectivity index (χ4v) is 2.20. The van der Waals surface area contributed by atoms with Gasteiger partial charge in [0.2, 0.25) is 0 Å². The first-order valence-electron chi connectivity index (χ1n) is 4.37. The molecule has 0 amide bonds. The minimum absolute atomic E-state index is 0.648. The normalized spacial score (nSPS) is 33.3. The molecular weight excluding hydrogens is 158 g/mol. The lowest BCUT2D eigenvalue weighted by Gasteiger charge is -2.32. The molecule has 2 saturated heterocycles. The van der Waals surface area contributed by atoms with Gasteiger partial charge in [-0.1, -0.05) is 0 Å². The Balaban J connectivity index is 1.67. The number of nitrogens with one attached hydrogen (secondary N) is 1. The maximum Gasteiger partial charge on any atom is 0.0619 e. The molecule has 0 saturated carbocycles. The molecule has 3 heteroatoms. The average Bonchev–Trinajstić information content (AvgIpc) is 1.99. The Hall–Kier alpha value is 0.270. The molecule has 0 aromatic carbocycles. The summed E-state index contributed by atoms with van der Waals surface area (Å²) < 4.78 is 5.38. The largest absolute Gasteiger partial charge is 0.380 e. The predicted octanol–water partition coefficient (Wildman–Crippen LogP) is 0.870. The smallest absolute Gasteiger partial charge is 0.0619 e. The number of ether oxygens (including phenoxy) is 1. The van der Waals surface area contributed by atoms with Crippen molar-refractivity contribution in [1.29, 1.82) is 0 Å². The minimum atomic E-state index is 0.648. The van der Waals surface area contributed by atoms with E-state index in [4.69, 9.17) is 4.74 Å². The van der Waals surface area contributed by atoms with Crippen LogP contribution in [0.2, 0.25) is 0 Å². The monoisotopic (exact) mass is 173 g/mol. The minimum Gasteiger partial charge on any atom is -0.380 e. The van der Waals surface area contributed by atoms with Gasteiger partial charge in [-0.05, 0) is 12.8 Å². The summed E-state index contributed by atoms with van der Waals surface area (Å²) in [7, 11) is 0. The summed E-state index contributed by atoms with van der Waals surface area (Å²) in [6.07, 6.45) is 2.54. The van der Waals surface area contributed by atoms with Gasteiger partial charge in [0.05, 0.1) is 6.61 Å². The van der Waals surface area contributed by atoms with Gasteiger partial charge < -0.3 is 10.1 Å². The van der Waals surface area contributed by atoms with Crippen LogP contribution in [0.5, 0.6) is 0 Å². The molecule has 0 aromatic heterocycles. The van der Waals surface area contributed by atoms with Crippen molar-refractivity contribution < 1.29 is 4.74 Å². The third-order valence-corrected chi connectivity index (χ3v) is 3.55. The highest BCUT2D eigenvalue weighted by molar-refractivity contribution is 8.00. The molecule has 2 heterocycles. The molecule has 2 nitrogen and oxygen atoms in total. The Labute approximate surface area is 72.1 Å². The first kappa shape index (κ1) is 7.90. The van der Waals surface area contributed by atoms with Gasteiger partial charge in [0.25, 0.3) is 0 Å². The summed E-state index contributed by atoms with van der Waals surface area (Å²) in [6.45, 7) is 1.90. The lowest BCUT2D eigenvalue weighted by atomic mass is 10.1. The number of thioether (sulfide) groups is 1. The number of hydrogen-bond donors (Lipinski definition) is 1. The Bertz CT molecular complexity index is 121. The molecule has 2 fully saturated rings. The second kappa shape index (κ2) is 3.78. The highest BCUT2D eigenvalue weighted by Gasteiger charge is 2.22. The van der Waals surface area contributed by atoms with Crippen molar-refractivity contribution in [1.82, 2.24) is 5.32 Å². The molecule has 1 atom stereocenters. The van der Waals surface area contributed by atoms with E-state index < -0.39 is 0 Å². The fraction of sp³-hybridized carbons (Fsp3) is 1.00. The van der Waals surface area contributed by atoms with Crippen LogP contribution in [0.1, 0.15) is 12.8 Å². The zero-order valence-corrected chi connectivity index (χ0v) is 7.53. The molecule has 0 spiro atoms. The van der Waals surface area contributed by atoms with Gasteiger partial charge in [-0.25, -0.2) is 0 Å². The van der Waals surface area contributed by atoms with Gasteiger partial charge in [0, 0.05) is 30.2 Å². The zero-order chi connectivity index (χ0) is 7.52. The topological polar surface area (TPSA) is 21.3 Å². The van der Waals surface area contributed by atoms with Crippen molar-refractivity contribution in [2.24, 2.45) is 0 Å². The second-order valence-electron chi connectivity index (χ2n) is 3.32. The van der Waals surface area contributed by atoms with E-state index in [0.717, 1.165) is 19.3 Å². The summed E-state index contributed by atoms with van der Waals surface area (Å²) in [5, 5.41) is 3.61. The summed E-state index contributed by atoms with van der Waals surface area (Å²) >= 11 is 2.03. The average molecular weight is 173 g/mol. The van der Waals surface area contributed by atoms with Crippen LogP contribution in [0.15, 0.2) is 0 Å². The van der Waals surface area contributed by atoms with Gasteiger partial charge in [0.1, 0.15) is 0 Å². The van der Waals surface area contributed by atoms with E-state index in [1.54, 1.807) is 0 Å². The van der Waals surface area contributed by atoms with Crippen molar-refractivity contribution in [2.75, 3.05) is 24.7 Å². The van der Waals surface area contributed by atoms with Crippen molar-refractivity contribution in [3.63, 3.8) is 0 Å². The summed E-state index contributed by atoms with van der Waals surface area (Å²) in [6, 6.07) is 1.43. The molecule has 11 heavy (non-hydrogen) atoms. The number of rotatable bonds is 2. The van der Waals surface area contributed by atoms with Crippen LogP contribution in [0.3, 0.4) is 0 Å². The molecule has 1 unspecified atom stereocenters. The first-order valence-corrected chi connectivity index (χ1v) is 5.52. The van der Waals surface area contributed by atoms with Gasteiger partial charge in [-0.2, -0.15) is 11.8 Å². The predicted molar refractivity (Wildman–Crippen MR) is 48.1 cm³/mol. The van der Waals surface area contributed by atoms with Crippen LogP contribution in [0.4, 0.5) is 0 Å². The fourth-order valence-electron chi connectivity index (χ4n) is 1.54. The van der Waals surface area contributed by atoms with Crippen molar-refractivity contribution in [3.05, 3.63) is 0 Å². The quantitative estimate of drug-likeness (QED) is 0.669. The molecular formula is C8H15NOS. The Kier molecular flexibility index (Phi) is 2.72. The number of hydrogen-bond acceptors (Lipinski definition) is 3. The lowest BCUT2D eigenvalue weighted by Crippen LogP contribution is -2.49. The van der Waals surface area contributed by atoms with E-state index in [1.165, 1.54) is 24.3 Å². The van der Waals surface area contributed by atoms with E-state index >= 15 is 0 Å². The van der Waals surface area contributed by atoms with Gasteiger partial charge >= 0.3 is 0 Å². The van der Waals surface area contributed by atoms with Crippen molar-refractivity contribution >= 4 is 11.8 Å². The molecule has 0 aromatic rings. The zero-order valence-electron chi connectivity index (χ0n) is 6.71. The summed E-state index contributed by atoms with van der Waals surface area (Å²) in [5.74, 6) is 2.60. The van der Waals surface area contributed by atoms with Crippen LogP contribution < -0.4 is 5.32 Å². The molecule has 64 valence electrons. The van der Waals surface area contributed by atoms with Gasteiger partial charge in [0.15, 0.2) is 0 Å². The third-order valence-electron chi connectivity index (χ3n) is 2.27. The maximum absolute atomic E-state index is 5.38. The first-order chi connectivity index (χ1) is 5.45. The maximum atomic E-state index is 5.38. The Morgan fingerprint density at radius 3 is 2.73 bits per heavy atom. The summed E-state index contributed by atoms with van der Waals surface area (Å²) in [4.78, 5) is 0. The van der Waals surface area contributed by atoms with E-state index in [0.29, 0.717) is 6.04 Å². The van der Waals surface area contributed by atoms with Crippen molar-refractivity contribution in [2.45, 2.75) is 24.9 Å². The van der Waals surface area contributed by atoms with Gasteiger partial charge in [-0.15, -0.1) is 0 Å². The third kappa shape index (κ3) is 2.10. The Morgan fingerprint density at radius 1 is 1.27 bits per heavy atom. The Morgan fingerprint density at radius 2 is 2.18 bits per heavy atom. The highest BCUT2D eigenvalue weighted by Crippen LogP contribution is 2.19. The van der Waals surface area contributed by atoms with E-state index in [2.05, 4.69) is 5.32 Å². The van der Waals surface area contributed by atoms with E-state index in [1.807, 2.05) is 11.8 Å². The van der Waals surface area contributed by atoms with E-state index in [-0.39, 0.29) is 0 Å². The van der Waals surface area contributed by atoms with Gasteiger partial charge in [-0.3, -0.25) is 0 Å². The second-order valence-corrected chi connectivity index (χ2v) is 4.39. The van der Waals surface area contributed by atoms with Crippen LogP contribution in [0, 0.1) is 0 Å². The lowest BCUT2D eigenvalue weighted by molar-refractivity contribution is 0.0678.